The van der Waals surface area contributed by atoms with Gasteiger partial charge in [0.2, 0.25) is 5.95 Å². The van der Waals surface area contributed by atoms with E-state index in [1.165, 1.54) is 52.8 Å². The van der Waals surface area contributed by atoms with Crippen molar-refractivity contribution in [2.45, 2.75) is 50.3 Å². The first-order chi connectivity index (χ1) is 26.5. The van der Waals surface area contributed by atoms with E-state index in [4.69, 9.17) is 4.74 Å². The summed E-state index contributed by atoms with van der Waals surface area (Å²) < 4.78 is 106. The number of allylic oxidation sites excluding steroid dienone is 1. The van der Waals surface area contributed by atoms with E-state index in [0.29, 0.717) is 28.6 Å². The lowest BCUT2D eigenvalue weighted by Gasteiger charge is -2.35. The van der Waals surface area contributed by atoms with E-state index >= 15 is 0 Å². The molecular weight excluding hydrogens is 790 g/mol. The highest BCUT2D eigenvalue weighted by Crippen LogP contribution is 2.43. The van der Waals surface area contributed by atoms with Gasteiger partial charge in [-0.05, 0) is 68.3 Å². The number of anilines is 2. The van der Waals surface area contributed by atoms with Crippen molar-refractivity contribution in [3.05, 3.63) is 117 Å². The van der Waals surface area contributed by atoms with E-state index < -0.39 is 49.4 Å². The first-order valence-electron chi connectivity index (χ1n) is 17.5. The number of nitrogens with zero attached hydrogens (tertiary/aromatic N) is 6. The van der Waals surface area contributed by atoms with Gasteiger partial charge in [0.1, 0.15) is 16.2 Å². The molecule has 19 heteroatoms. The summed E-state index contributed by atoms with van der Waals surface area (Å²) in [4.78, 5) is 28.4. The second-order valence-electron chi connectivity index (χ2n) is 14.3. The molecule has 0 bridgehead atoms. The number of halogens is 3. The lowest BCUT2D eigenvalue weighted by Crippen LogP contribution is -2.38. The summed E-state index contributed by atoms with van der Waals surface area (Å²) in [5, 5.41) is 13.8. The summed E-state index contributed by atoms with van der Waals surface area (Å²) in [6.07, 6.45) is -4.13. The Labute approximate surface area is 329 Å². The Morgan fingerprint density at radius 1 is 0.965 bits per heavy atom. The van der Waals surface area contributed by atoms with Crippen LogP contribution in [0, 0.1) is 18.3 Å². The van der Waals surface area contributed by atoms with Crippen molar-refractivity contribution in [1.29, 1.82) is 5.26 Å². The third kappa shape index (κ3) is 11.2. The van der Waals surface area contributed by atoms with Crippen molar-refractivity contribution >= 4 is 37.6 Å². The highest BCUT2D eigenvalue weighted by Gasteiger charge is 2.41. The minimum atomic E-state index is -4.67. The second-order valence-corrected chi connectivity index (χ2v) is 18.0. The summed E-state index contributed by atoms with van der Waals surface area (Å²) in [6, 6.07) is 17.2. The van der Waals surface area contributed by atoms with Crippen LogP contribution in [0.3, 0.4) is 0 Å². The Balaban J connectivity index is 0.000000563. The normalized spacial score (nSPS) is 14.7. The maximum Gasteiger partial charge on any atom is 0.416 e. The van der Waals surface area contributed by atoms with Crippen molar-refractivity contribution in [3.8, 4) is 6.07 Å². The van der Waals surface area contributed by atoms with Gasteiger partial charge >= 0.3 is 17.8 Å². The zero-order valence-electron chi connectivity index (χ0n) is 32.1. The molecule has 1 aliphatic rings. The minimum Gasteiger partial charge on any atom is -0.744 e. The lowest BCUT2D eigenvalue weighted by atomic mass is 9.93. The molecule has 1 aromatic heterocycles. The van der Waals surface area contributed by atoms with Crippen LogP contribution in [0.1, 0.15) is 48.1 Å². The van der Waals surface area contributed by atoms with Crippen LogP contribution < -0.4 is 10.6 Å². The summed E-state index contributed by atoms with van der Waals surface area (Å²) in [5.41, 5.74) is 0.154. The molecule has 57 heavy (non-hydrogen) atoms. The smallest absolute Gasteiger partial charge is 0.416 e. The van der Waals surface area contributed by atoms with E-state index in [9.17, 15) is 49.4 Å². The van der Waals surface area contributed by atoms with Crippen molar-refractivity contribution in [1.82, 2.24) is 14.3 Å². The quantitative estimate of drug-likeness (QED) is 0.107. The largest absolute Gasteiger partial charge is 0.744 e. The third-order valence-corrected chi connectivity index (χ3v) is 11.6. The Hall–Kier alpha value is -5.29. The number of hydrogen-bond donors (Lipinski definition) is 0. The molecule has 5 rings (SSSR count). The average molecular weight is 833 g/mol. The van der Waals surface area contributed by atoms with Gasteiger partial charge in [0.15, 0.2) is 9.84 Å². The summed E-state index contributed by atoms with van der Waals surface area (Å²) in [5.74, 6) is -1.10. The summed E-state index contributed by atoms with van der Waals surface area (Å²) in [6.45, 7) is 3.90. The molecule has 1 atom stereocenters. The number of ether oxygens (including phenoxy) is 1. The molecular formula is C38H43F3N6O8S2. The molecule has 0 amide bonds. The number of alkyl halides is 3. The number of methoxy groups -OCH3 is 1. The van der Waals surface area contributed by atoms with Crippen LogP contribution in [-0.2, 0) is 42.2 Å². The van der Waals surface area contributed by atoms with Gasteiger partial charge in [0, 0.05) is 24.4 Å². The first kappa shape index (κ1) is 44.4. The van der Waals surface area contributed by atoms with Crippen LogP contribution in [0.4, 0.5) is 24.8 Å². The Morgan fingerprint density at radius 3 is 2.12 bits per heavy atom. The molecule has 0 fully saturated rings. The topological polar surface area (TPSA) is 184 Å². The molecule has 4 aromatic rings. The van der Waals surface area contributed by atoms with Crippen LogP contribution >= 0.6 is 0 Å². The Morgan fingerprint density at radius 2 is 1.58 bits per heavy atom. The number of sulfone groups is 1. The fourth-order valence-corrected chi connectivity index (χ4v) is 7.90. The van der Waals surface area contributed by atoms with Gasteiger partial charge in [-0.2, -0.15) is 18.4 Å². The first-order valence-corrected chi connectivity index (χ1v) is 20.7. The number of rotatable bonds is 12. The van der Waals surface area contributed by atoms with Gasteiger partial charge in [-0.25, -0.2) is 35.7 Å². The van der Waals surface area contributed by atoms with Crippen LogP contribution in [0.25, 0.3) is 0 Å². The number of carbonyl (C=O) groups is 1. The maximum atomic E-state index is 14.0. The van der Waals surface area contributed by atoms with Crippen molar-refractivity contribution in [2.75, 3.05) is 51.2 Å². The number of benzene rings is 3. The number of nitriles is 1. The van der Waals surface area contributed by atoms with Crippen LogP contribution in [0.2, 0.25) is 0 Å². The molecule has 2 heterocycles. The Bertz CT molecular complexity index is 2450. The van der Waals surface area contributed by atoms with Gasteiger partial charge in [0.25, 0.3) is 0 Å². The number of fused-ring (bicyclic) bond motifs is 1. The van der Waals surface area contributed by atoms with Gasteiger partial charge in [0.05, 0.1) is 74.0 Å². The molecule has 0 aliphatic carbocycles. The molecule has 0 N–H and O–H groups in total. The highest BCUT2D eigenvalue weighted by atomic mass is 32.2. The molecule has 306 valence electrons. The third-order valence-electron chi connectivity index (χ3n) is 8.92. The Kier molecular flexibility index (Phi) is 13.6. The summed E-state index contributed by atoms with van der Waals surface area (Å²) >= 11 is 0. The number of aryl methyl sites for hydroxylation is 2. The predicted molar refractivity (Wildman–Crippen MR) is 204 cm³/mol. The van der Waals surface area contributed by atoms with Crippen molar-refractivity contribution in [3.63, 3.8) is 0 Å². The van der Waals surface area contributed by atoms with Crippen LogP contribution in [0.5, 0.6) is 0 Å². The SMILES string of the molecule is COC(=O)C1=C(C)N(c2cccc(C(F)(F)F)c2)c2nn(CCCS(=O)(=O)CCC[N+](C)(C)C)c(=O)n2C1c1ccc(C#N)cc1.Cc1ccc(S(=O)(=O)[O-])cc1. The van der Waals surface area contributed by atoms with Crippen LogP contribution in [-0.4, -0.2) is 92.5 Å². The molecule has 0 radical (unpaired) electrons. The molecule has 0 saturated heterocycles. The minimum absolute atomic E-state index is 0.00714. The fourth-order valence-electron chi connectivity index (χ4n) is 6.09. The van der Waals surface area contributed by atoms with Crippen molar-refractivity contribution in [2.24, 2.45) is 0 Å². The van der Waals surface area contributed by atoms with E-state index in [0.717, 1.165) is 29.5 Å². The van der Waals surface area contributed by atoms with E-state index in [1.807, 2.05) is 34.1 Å². The summed E-state index contributed by atoms with van der Waals surface area (Å²) in [7, 11) is -0.645. The van der Waals surface area contributed by atoms with Crippen LogP contribution in [0.15, 0.2) is 93.8 Å². The van der Waals surface area contributed by atoms with Gasteiger partial charge < -0.3 is 13.8 Å². The zero-order chi connectivity index (χ0) is 42.5. The number of hydrogen-bond acceptors (Lipinski definition) is 11. The number of aromatic nitrogens is 3. The fraction of sp³-hybridized carbons (Fsp3) is 0.368. The lowest BCUT2D eigenvalue weighted by molar-refractivity contribution is -0.870. The van der Waals surface area contributed by atoms with Crippen molar-refractivity contribution < 1.29 is 48.6 Å². The molecule has 0 spiro atoms. The molecule has 1 aliphatic heterocycles. The second kappa shape index (κ2) is 17.5. The van der Waals surface area contributed by atoms with E-state index in [2.05, 4.69) is 5.10 Å². The zero-order valence-corrected chi connectivity index (χ0v) is 33.8. The number of quaternary nitrogens is 1. The standard InChI is InChI=1S/C31H36F3N6O5S.C7H8O3S/c1-21-26(28(41)45-5)27(23-13-11-22(20-35)12-14-23)39-29(38(21)25-10-6-9-24(19-25)31(32,33)34)36-37(30(39)42)15-7-17-46(43,44)18-8-16-40(2,3)4;1-6-2-4-7(5-3-6)11(8,9)10/h6,9-14,19,27H,7-8,15-18H2,1-5H3;2-5H,1H3,(H,8,9,10)/q+1;/p-1. The molecule has 3 aromatic carbocycles. The van der Waals surface area contributed by atoms with Gasteiger partial charge in [-0.3, -0.25) is 4.90 Å². The molecule has 14 nitrogen and oxygen atoms in total. The van der Waals surface area contributed by atoms with E-state index in [-0.39, 0.29) is 52.3 Å². The number of carbonyl (C=O) groups excluding carboxylic acids is 1. The van der Waals surface area contributed by atoms with Gasteiger partial charge in [-0.15, -0.1) is 5.10 Å². The van der Waals surface area contributed by atoms with E-state index in [1.54, 1.807) is 24.3 Å². The predicted octanol–water partition coefficient (Wildman–Crippen LogP) is 4.92. The maximum absolute atomic E-state index is 14.0. The molecule has 0 saturated carbocycles. The number of esters is 1. The monoisotopic (exact) mass is 832 g/mol. The van der Waals surface area contributed by atoms with Gasteiger partial charge in [-0.1, -0.05) is 35.9 Å². The highest BCUT2D eigenvalue weighted by molar-refractivity contribution is 7.91. The molecule has 1 unspecified atom stereocenters. The average Bonchev–Trinajstić information content (AvgIpc) is 3.44.